The topological polar surface area (TPSA) is 37.4 Å². The Labute approximate surface area is 55.2 Å². The maximum absolute atomic E-state index is 10.7. The summed E-state index contributed by atoms with van der Waals surface area (Å²) < 4.78 is 20.5. The maximum atomic E-state index is 10.7. The van der Waals surface area contributed by atoms with Gasteiger partial charge in [-0.1, -0.05) is 0 Å². The molecule has 1 aliphatic rings. The molecule has 0 atom stereocenters. The number of carbonyl (C=O) groups is 2. The molecule has 0 spiro atoms. The number of rotatable bonds is 0. The zero-order chi connectivity index (χ0) is 8.65. The van der Waals surface area contributed by atoms with Crippen LogP contribution in [0.4, 0.5) is 4.79 Å². The lowest BCUT2D eigenvalue weighted by Gasteiger charge is -2.00. The van der Waals surface area contributed by atoms with Crippen molar-refractivity contribution in [2.24, 2.45) is 0 Å². The van der Waals surface area contributed by atoms with Gasteiger partial charge in [0.1, 0.15) is 0 Å². The highest BCUT2D eigenvalue weighted by Crippen LogP contribution is 2.16. The minimum atomic E-state index is -2.48. The second-order valence-electron chi connectivity index (χ2n) is 1.33. The SMILES string of the molecule is [2H]C([2H])([2H])N1CC(=O)SC1=O. The molecule has 8 heavy (non-hydrogen) atoms. The minimum absolute atomic E-state index is 0.306. The van der Waals surface area contributed by atoms with Gasteiger partial charge in [-0.3, -0.25) is 9.59 Å². The molecule has 0 unspecified atom stereocenters. The van der Waals surface area contributed by atoms with Gasteiger partial charge >= 0.3 is 0 Å². The van der Waals surface area contributed by atoms with E-state index in [2.05, 4.69) is 0 Å². The van der Waals surface area contributed by atoms with Crippen LogP contribution in [0.3, 0.4) is 0 Å². The molecule has 1 fully saturated rings. The van der Waals surface area contributed by atoms with Gasteiger partial charge in [-0.05, 0) is 0 Å². The van der Waals surface area contributed by atoms with Crippen LogP contribution in [0, 0.1) is 0 Å². The van der Waals surface area contributed by atoms with Crippen molar-refractivity contribution in [3.05, 3.63) is 0 Å². The van der Waals surface area contributed by atoms with Gasteiger partial charge in [0.25, 0.3) is 5.24 Å². The number of hydrogen-bond acceptors (Lipinski definition) is 3. The summed E-state index contributed by atoms with van der Waals surface area (Å²) in [5.41, 5.74) is 0. The summed E-state index contributed by atoms with van der Waals surface area (Å²) in [6.45, 7) is -2.78. The van der Waals surface area contributed by atoms with Gasteiger partial charge in [0.05, 0.1) is 6.54 Å². The van der Waals surface area contributed by atoms with Crippen LogP contribution >= 0.6 is 11.8 Å². The van der Waals surface area contributed by atoms with Crippen LogP contribution < -0.4 is 0 Å². The third-order valence-electron chi connectivity index (χ3n) is 0.709. The first-order valence-corrected chi connectivity index (χ1v) is 2.75. The van der Waals surface area contributed by atoms with Gasteiger partial charge in [0.15, 0.2) is 0 Å². The van der Waals surface area contributed by atoms with E-state index in [0.717, 1.165) is 0 Å². The molecule has 1 aliphatic heterocycles. The fourth-order valence-corrected chi connectivity index (χ4v) is 0.942. The standard InChI is InChI=1S/C4H5NO2S/c1-5-2-3(6)8-4(5)7/h2H2,1H3/i1D3. The summed E-state index contributed by atoms with van der Waals surface area (Å²) in [7, 11) is 0. The van der Waals surface area contributed by atoms with Crippen molar-refractivity contribution in [2.45, 2.75) is 0 Å². The minimum Gasteiger partial charge on any atom is -0.328 e. The van der Waals surface area contributed by atoms with Gasteiger partial charge in [-0.2, -0.15) is 0 Å². The van der Waals surface area contributed by atoms with Crippen molar-refractivity contribution in [1.29, 1.82) is 0 Å². The third-order valence-corrected chi connectivity index (χ3v) is 1.46. The summed E-state index contributed by atoms with van der Waals surface area (Å²) in [6.07, 6.45) is 0. The number of amides is 1. The van der Waals surface area contributed by atoms with E-state index < -0.39 is 17.3 Å². The van der Waals surface area contributed by atoms with E-state index in [9.17, 15) is 9.59 Å². The molecule has 0 radical (unpaired) electrons. The molecule has 1 rings (SSSR count). The number of hydrogen-bond donors (Lipinski definition) is 0. The third kappa shape index (κ3) is 0.838. The second kappa shape index (κ2) is 1.78. The number of nitrogens with zero attached hydrogens (tertiary/aromatic N) is 1. The fraction of sp³-hybridized carbons (Fsp3) is 0.500. The van der Waals surface area contributed by atoms with Crippen molar-refractivity contribution in [2.75, 3.05) is 13.5 Å². The lowest BCUT2D eigenvalue weighted by Crippen LogP contribution is -2.17. The Balaban J connectivity index is 2.76. The van der Waals surface area contributed by atoms with E-state index in [-0.39, 0.29) is 6.54 Å². The molecule has 0 aromatic rings. The van der Waals surface area contributed by atoms with E-state index in [4.69, 9.17) is 4.11 Å². The Morgan fingerprint density at radius 2 is 2.62 bits per heavy atom. The van der Waals surface area contributed by atoms with Crippen LogP contribution in [-0.4, -0.2) is 28.8 Å². The van der Waals surface area contributed by atoms with E-state index in [1.165, 1.54) is 0 Å². The lowest BCUT2D eigenvalue weighted by molar-refractivity contribution is -0.110. The summed E-state index contributed by atoms with van der Waals surface area (Å²) in [4.78, 5) is 21.9. The zero-order valence-corrected chi connectivity index (χ0v) is 4.70. The molecule has 1 saturated heterocycles. The van der Waals surface area contributed by atoms with Gasteiger partial charge in [0, 0.05) is 22.8 Å². The van der Waals surface area contributed by atoms with Crippen LogP contribution in [0.1, 0.15) is 4.11 Å². The zero-order valence-electron chi connectivity index (χ0n) is 6.88. The Morgan fingerprint density at radius 1 is 1.88 bits per heavy atom. The van der Waals surface area contributed by atoms with Crippen molar-refractivity contribution in [3.8, 4) is 0 Å². The van der Waals surface area contributed by atoms with Gasteiger partial charge in [0.2, 0.25) is 5.12 Å². The number of carbonyl (C=O) groups excluding carboxylic acids is 2. The van der Waals surface area contributed by atoms with Crippen LogP contribution in [0.25, 0.3) is 0 Å². The van der Waals surface area contributed by atoms with E-state index in [1.54, 1.807) is 0 Å². The normalized spacial score (nSPS) is 27.5. The van der Waals surface area contributed by atoms with Crippen molar-refractivity contribution in [3.63, 3.8) is 0 Å². The average Bonchev–Trinajstić information content (AvgIpc) is 2.08. The molecule has 3 nitrogen and oxygen atoms in total. The summed E-state index contributed by atoms with van der Waals surface area (Å²) in [5, 5.41) is -1.10. The average molecular weight is 134 g/mol. The van der Waals surface area contributed by atoms with Crippen LogP contribution in [-0.2, 0) is 4.79 Å². The highest BCUT2D eigenvalue weighted by atomic mass is 32.2. The molecule has 44 valence electrons. The van der Waals surface area contributed by atoms with Crippen LogP contribution in [0.5, 0.6) is 0 Å². The second-order valence-corrected chi connectivity index (χ2v) is 2.33. The first kappa shape index (κ1) is 2.87. The predicted molar refractivity (Wildman–Crippen MR) is 30.6 cm³/mol. The Morgan fingerprint density at radius 3 is 2.88 bits per heavy atom. The molecule has 1 amide bonds. The molecule has 1 heterocycles. The highest BCUT2D eigenvalue weighted by Gasteiger charge is 2.24. The smallest absolute Gasteiger partial charge is 0.289 e. The molecule has 0 aromatic heterocycles. The van der Waals surface area contributed by atoms with Crippen LogP contribution in [0.2, 0.25) is 0 Å². The first-order valence-electron chi connectivity index (χ1n) is 3.43. The van der Waals surface area contributed by atoms with Crippen molar-refractivity contribution >= 4 is 22.1 Å². The number of likely N-dealkylation sites (N-methyl/N-ethyl adjacent to an activating group) is 1. The molecule has 0 N–H and O–H groups in total. The van der Waals surface area contributed by atoms with Gasteiger partial charge in [-0.25, -0.2) is 0 Å². The maximum Gasteiger partial charge on any atom is 0.289 e. The van der Waals surface area contributed by atoms with E-state index in [0.29, 0.717) is 16.7 Å². The first-order chi connectivity index (χ1) is 4.91. The van der Waals surface area contributed by atoms with Gasteiger partial charge in [-0.15, -0.1) is 0 Å². The molecule has 0 bridgehead atoms. The molecule has 4 heteroatoms. The van der Waals surface area contributed by atoms with Crippen molar-refractivity contribution in [1.82, 2.24) is 4.90 Å². The highest BCUT2D eigenvalue weighted by molar-refractivity contribution is 8.26. The summed E-state index contributed by atoms with van der Waals surface area (Å²) in [5.74, 6) is 0. The van der Waals surface area contributed by atoms with Crippen molar-refractivity contribution < 1.29 is 13.7 Å². The summed E-state index contributed by atoms with van der Waals surface area (Å²) in [6, 6.07) is 0. The Bertz CT molecular complexity index is 214. The fourth-order valence-electron chi connectivity index (χ4n) is 0.378. The largest absolute Gasteiger partial charge is 0.328 e. The monoisotopic (exact) mass is 134 g/mol. The molecular formula is C4H5NO2S. The molecular weight excluding hydrogens is 126 g/mol. The lowest BCUT2D eigenvalue weighted by atomic mass is 10.7. The predicted octanol–water partition coefficient (Wildman–Crippen LogP) is 0.312. The molecule has 0 saturated carbocycles. The Kier molecular flexibility index (Phi) is 0.637. The summed E-state index contributed by atoms with van der Waals surface area (Å²) >= 11 is 0.443. The quantitative estimate of drug-likeness (QED) is 0.478. The van der Waals surface area contributed by atoms with Gasteiger partial charge < -0.3 is 4.90 Å². The Hall–Kier alpha value is -0.510. The van der Waals surface area contributed by atoms with Crippen LogP contribution in [0.15, 0.2) is 0 Å². The molecule has 0 aromatic carbocycles. The number of thioether (sulfide) groups is 1. The van der Waals surface area contributed by atoms with E-state index in [1.807, 2.05) is 0 Å². The van der Waals surface area contributed by atoms with E-state index >= 15 is 0 Å². The molecule has 0 aliphatic carbocycles.